The maximum atomic E-state index is 10.4. The van der Waals surface area contributed by atoms with Crippen molar-refractivity contribution in [3.05, 3.63) is 45.4 Å². The SMILES string of the molecule is Cc1c(CN2CCCC2CC(O)c2cccs2)cc(C#N)n1C. The topological polar surface area (TPSA) is 52.2 Å². The first-order valence-corrected chi connectivity index (χ1v) is 8.99. The van der Waals surface area contributed by atoms with E-state index in [9.17, 15) is 10.4 Å². The van der Waals surface area contributed by atoms with Crippen molar-refractivity contribution >= 4 is 11.3 Å². The standard InChI is InChI=1S/C18H23N3OS/c1-13-14(9-16(11-19)20(13)2)12-21-7-3-5-15(21)10-17(22)18-6-4-8-23-18/h4,6,8-9,15,17,22H,3,5,7,10,12H2,1-2H3. The Bertz CT molecular complexity index is 699. The minimum atomic E-state index is -0.368. The van der Waals surface area contributed by atoms with Gasteiger partial charge in [-0.3, -0.25) is 4.90 Å². The van der Waals surface area contributed by atoms with Gasteiger partial charge < -0.3 is 9.67 Å². The first kappa shape index (κ1) is 16.3. The van der Waals surface area contributed by atoms with Gasteiger partial charge in [0.1, 0.15) is 11.8 Å². The highest BCUT2D eigenvalue weighted by atomic mass is 32.1. The van der Waals surface area contributed by atoms with Crippen molar-refractivity contribution in [2.24, 2.45) is 7.05 Å². The Kier molecular flexibility index (Phi) is 4.86. The van der Waals surface area contributed by atoms with E-state index in [0.29, 0.717) is 11.7 Å². The molecule has 1 N–H and O–H groups in total. The number of nitriles is 1. The van der Waals surface area contributed by atoms with Crippen molar-refractivity contribution in [1.29, 1.82) is 5.26 Å². The first-order valence-electron chi connectivity index (χ1n) is 8.11. The van der Waals surface area contributed by atoms with E-state index in [1.54, 1.807) is 11.3 Å². The molecule has 0 bridgehead atoms. The van der Waals surface area contributed by atoms with E-state index in [1.165, 1.54) is 12.0 Å². The van der Waals surface area contributed by atoms with Crippen molar-refractivity contribution in [3.63, 3.8) is 0 Å². The number of aliphatic hydroxyl groups is 1. The second-order valence-electron chi connectivity index (χ2n) is 6.34. The van der Waals surface area contributed by atoms with E-state index in [4.69, 9.17) is 0 Å². The first-order chi connectivity index (χ1) is 11.1. The van der Waals surface area contributed by atoms with Crippen LogP contribution in [-0.4, -0.2) is 27.2 Å². The predicted molar refractivity (Wildman–Crippen MR) is 92.2 cm³/mol. The molecule has 1 aliphatic rings. The summed E-state index contributed by atoms with van der Waals surface area (Å²) in [7, 11) is 1.94. The van der Waals surface area contributed by atoms with Gasteiger partial charge in [0, 0.05) is 30.2 Å². The molecule has 0 spiro atoms. The Labute approximate surface area is 141 Å². The van der Waals surface area contributed by atoms with Crippen LogP contribution in [0.3, 0.4) is 0 Å². The lowest BCUT2D eigenvalue weighted by Gasteiger charge is -2.26. The van der Waals surface area contributed by atoms with E-state index in [-0.39, 0.29) is 6.10 Å². The number of nitrogens with zero attached hydrogens (tertiary/aromatic N) is 3. The van der Waals surface area contributed by atoms with Crippen LogP contribution in [0.15, 0.2) is 23.6 Å². The van der Waals surface area contributed by atoms with Crippen molar-refractivity contribution in [1.82, 2.24) is 9.47 Å². The molecule has 23 heavy (non-hydrogen) atoms. The summed E-state index contributed by atoms with van der Waals surface area (Å²) in [6.45, 7) is 4.00. The monoisotopic (exact) mass is 329 g/mol. The highest BCUT2D eigenvalue weighted by Gasteiger charge is 2.28. The number of aromatic nitrogens is 1. The second-order valence-corrected chi connectivity index (χ2v) is 7.32. The number of thiophene rings is 1. The molecule has 0 amide bonds. The van der Waals surface area contributed by atoms with Crippen molar-refractivity contribution in [2.75, 3.05) is 6.54 Å². The average molecular weight is 329 g/mol. The fraction of sp³-hybridized carbons (Fsp3) is 0.500. The van der Waals surface area contributed by atoms with Crippen LogP contribution in [-0.2, 0) is 13.6 Å². The molecule has 0 saturated carbocycles. The number of hydrogen-bond acceptors (Lipinski definition) is 4. The molecule has 122 valence electrons. The lowest BCUT2D eigenvalue weighted by molar-refractivity contribution is 0.120. The predicted octanol–water partition coefficient (Wildman–Crippen LogP) is 3.35. The summed E-state index contributed by atoms with van der Waals surface area (Å²) in [6, 6.07) is 8.67. The molecular weight excluding hydrogens is 306 g/mol. The lowest BCUT2D eigenvalue weighted by Crippen LogP contribution is -2.30. The normalized spacial score (nSPS) is 19.8. The zero-order valence-corrected chi connectivity index (χ0v) is 14.5. The largest absolute Gasteiger partial charge is 0.388 e. The van der Waals surface area contributed by atoms with Crippen LogP contribution in [0.4, 0.5) is 0 Å². The lowest BCUT2D eigenvalue weighted by atomic mass is 10.1. The second kappa shape index (κ2) is 6.88. The third-order valence-electron chi connectivity index (χ3n) is 4.99. The number of hydrogen-bond donors (Lipinski definition) is 1. The summed E-state index contributed by atoms with van der Waals surface area (Å²) in [5.74, 6) is 0. The Morgan fingerprint density at radius 3 is 3.00 bits per heavy atom. The van der Waals surface area contributed by atoms with E-state index >= 15 is 0 Å². The molecule has 0 aliphatic carbocycles. The summed E-state index contributed by atoms with van der Waals surface area (Å²) in [5.41, 5.74) is 3.10. The fourth-order valence-corrected chi connectivity index (χ4v) is 4.20. The molecule has 3 rings (SSSR count). The van der Waals surface area contributed by atoms with Gasteiger partial charge in [-0.25, -0.2) is 0 Å². The number of aliphatic hydroxyl groups excluding tert-OH is 1. The van der Waals surface area contributed by atoms with Crippen LogP contribution in [0, 0.1) is 18.3 Å². The molecule has 2 unspecified atom stereocenters. The van der Waals surface area contributed by atoms with Gasteiger partial charge in [0.05, 0.1) is 6.10 Å². The number of likely N-dealkylation sites (tertiary alicyclic amines) is 1. The summed E-state index contributed by atoms with van der Waals surface area (Å²) in [6.07, 6.45) is 2.74. The van der Waals surface area contributed by atoms with Gasteiger partial charge >= 0.3 is 0 Å². The van der Waals surface area contributed by atoms with Crippen molar-refractivity contribution in [2.45, 2.75) is 44.9 Å². The van der Waals surface area contributed by atoms with Crippen LogP contribution in [0.5, 0.6) is 0 Å². The van der Waals surface area contributed by atoms with E-state index < -0.39 is 0 Å². The third kappa shape index (κ3) is 3.35. The van der Waals surface area contributed by atoms with Crippen LogP contribution in [0.25, 0.3) is 0 Å². The third-order valence-corrected chi connectivity index (χ3v) is 5.97. The molecule has 1 saturated heterocycles. The maximum Gasteiger partial charge on any atom is 0.120 e. The highest BCUT2D eigenvalue weighted by Crippen LogP contribution is 2.31. The molecule has 5 heteroatoms. The minimum Gasteiger partial charge on any atom is -0.388 e. The molecule has 3 heterocycles. The fourth-order valence-electron chi connectivity index (χ4n) is 3.47. The van der Waals surface area contributed by atoms with Crippen LogP contribution in [0.1, 0.15) is 47.2 Å². The van der Waals surface area contributed by atoms with Crippen LogP contribution in [0.2, 0.25) is 0 Å². The van der Waals surface area contributed by atoms with Gasteiger partial charge in [-0.15, -0.1) is 11.3 Å². The molecule has 1 fully saturated rings. The Morgan fingerprint density at radius 2 is 2.35 bits per heavy atom. The zero-order chi connectivity index (χ0) is 16.4. The van der Waals surface area contributed by atoms with Crippen LogP contribution >= 0.6 is 11.3 Å². The Balaban J connectivity index is 1.69. The van der Waals surface area contributed by atoms with Gasteiger partial charge in [-0.2, -0.15) is 5.26 Å². The van der Waals surface area contributed by atoms with E-state index in [1.807, 2.05) is 35.2 Å². The Hall–Kier alpha value is -1.61. The zero-order valence-electron chi connectivity index (χ0n) is 13.7. The Morgan fingerprint density at radius 1 is 1.52 bits per heavy atom. The molecule has 0 radical (unpaired) electrons. The number of rotatable bonds is 5. The van der Waals surface area contributed by atoms with E-state index in [0.717, 1.165) is 36.5 Å². The quantitative estimate of drug-likeness (QED) is 0.915. The van der Waals surface area contributed by atoms with Gasteiger partial charge in [-0.1, -0.05) is 6.07 Å². The molecule has 0 aromatic carbocycles. The summed E-state index contributed by atoms with van der Waals surface area (Å²) in [4.78, 5) is 3.51. The average Bonchev–Trinajstić information content (AvgIpc) is 3.26. The van der Waals surface area contributed by atoms with Gasteiger partial charge in [0.2, 0.25) is 0 Å². The van der Waals surface area contributed by atoms with Crippen molar-refractivity contribution < 1.29 is 5.11 Å². The summed E-state index contributed by atoms with van der Waals surface area (Å²) < 4.78 is 1.96. The maximum absolute atomic E-state index is 10.4. The molecule has 2 aromatic rings. The van der Waals surface area contributed by atoms with Gasteiger partial charge in [-0.05, 0) is 55.8 Å². The van der Waals surface area contributed by atoms with Gasteiger partial charge in [0.25, 0.3) is 0 Å². The summed E-state index contributed by atoms with van der Waals surface area (Å²) in [5, 5.41) is 21.6. The van der Waals surface area contributed by atoms with E-state index in [2.05, 4.69) is 17.9 Å². The molecular formula is C18H23N3OS. The smallest absolute Gasteiger partial charge is 0.120 e. The van der Waals surface area contributed by atoms with Gasteiger partial charge in [0.15, 0.2) is 0 Å². The minimum absolute atomic E-state index is 0.368. The highest BCUT2D eigenvalue weighted by molar-refractivity contribution is 7.10. The molecule has 2 aromatic heterocycles. The summed E-state index contributed by atoms with van der Waals surface area (Å²) >= 11 is 1.62. The van der Waals surface area contributed by atoms with Crippen molar-refractivity contribution in [3.8, 4) is 6.07 Å². The molecule has 1 aliphatic heterocycles. The molecule has 2 atom stereocenters. The van der Waals surface area contributed by atoms with Crippen LogP contribution < -0.4 is 0 Å². The molecule has 4 nitrogen and oxygen atoms in total.